The van der Waals surface area contributed by atoms with Crippen LogP contribution in [0.1, 0.15) is 17.5 Å². The van der Waals surface area contributed by atoms with Crippen molar-refractivity contribution in [1.29, 1.82) is 0 Å². The average Bonchev–Trinajstić information content (AvgIpc) is 2.75. The highest BCUT2D eigenvalue weighted by Gasteiger charge is 2.04. The molecule has 1 amide bonds. The number of halogens is 1. The second kappa shape index (κ2) is 6.04. The lowest BCUT2D eigenvalue weighted by molar-refractivity contribution is -0.114. The van der Waals surface area contributed by atoms with E-state index in [2.05, 4.69) is 15.6 Å². The number of carbonyl (C=O) groups is 1. The quantitative estimate of drug-likeness (QED) is 0.905. The molecule has 2 rings (SSSR count). The molecule has 0 bridgehead atoms. The lowest BCUT2D eigenvalue weighted by Crippen LogP contribution is -2.07. The van der Waals surface area contributed by atoms with Crippen LogP contribution in [0.4, 0.5) is 11.4 Å². The molecule has 1 aromatic heterocycles. The maximum Gasteiger partial charge on any atom is 0.221 e. The van der Waals surface area contributed by atoms with Crippen LogP contribution in [0.15, 0.2) is 24.4 Å². The Labute approximate surface area is 120 Å². The van der Waals surface area contributed by atoms with E-state index >= 15 is 0 Å². The van der Waals surface area contributed by atoms with E-state index in [1.165, 1.54) is 18.3 Å². The summed E-state index contributed by atoms with van der Waals surface area (Å²) in [6.07, 6.45) is 1.64. The first kappa shape index (κ1) is 13.8. The fourth-order valence-corrected chi connectivity index (χ4v) is 2.53. The molecular weight excluding hydrogens is 282 g/mol. The first-order chi connectivity index (χ1) is 9.04. The molecule has 0 atom stereocenters. The Hall–Kier alpha value is -1.59. The lowest BCUT2D eigenvalue weighted by atomic mass is 10.2. The molecule has 0 saturated heterocycles. The van der Waals surface area contributed by atoms with Gasteiger partial charge in [0.1, 0.15) is 9.34 Å². The van der Waals surface area contributed by atoms with E-state index in [1.807, 2.05) is 25.1 Å². The summed E-state index contributed by atoms with van der Waals surface area (Å²) >= 11 is 7.29. The molecule has 0 aliphatic carbocycles. The molecule has 0 radical (unpaired) electrons. The van der Waals surface area contributed by atoms with Gasteiger partial charge in [-0.3, -0.25) is 4.79 Å². The standard InChI is InChI=1S/C13H14ClN3OS/c1-8-3-4-10(17-9(2)18)5-11(8)15-7-13-16-6-12(14)19-13/h3-6,15H,7H2,1-2H3,(H,17,18). The molecule has 6 heteroatoms. The van der Waals surface area contributed by atoms with Crippen molar-refractivity contribution < 1.29 is 4.79 Å². The highest BCUT2D eigenvalue weighted by molar-refractivity contribution is 7.15. The minimum absolute atomic E-state index is 0.0819. The van der Waals surface area contributed by atoms with Gasteiger partial charge in [-0.15, -0.1) is 11.3 Å². The molecule has 1 heterocycles. The van der Waals surface area contributed by atoms with Gasteiger partial charge in [-0.2, -0.15) is 0 Å². The maximum atomic E-state index is 11.0. The van der Waals surface area contributed by atoms with Gasteiger partial charge in [-0.1, -0.05) is 17.7 Å². The molecular formula is C13H14ClN3OS. The molecule has 100 valence electrons. The van der Waals surface area contributed by atoms with Gasteiger partial charge in [0.15, 0.2) is 0 Å². The first-order valence-corrected chi connectivity index (χ1v) is 6.96. The third-order valence-electron chi connectivity index (χ3n) is 2.51. The number of nitrogens with zero attached hydrogens (tertiary/aromatic N) is 1. The number of hydrogen-bond acceptors (Lipinski definition) is 4. The summed E-state index contributed by atoms with van der Waals surface area (Å²) in [6, 6.07) is 5.75. The number of hydrogen-bond donors (Lipinski definition) is 2. The van der Waals surface area contributed by atoms with Crippen molar-refractivity contribution in [3.8, 4) is 0 Å². The highest BCUT2D eigenvalue weighted by atomic mass is 35.5. The number of aromatic nitrogens is 1. The number of anilines is 2. The maximum absolute atomic E-state index is 11.0. The number of amides is 1. The highest BCUT2D eigenvalue weighted by Crippen LogP contribution is 2.23. The van der Waals surface area contributed by atoms with Crippen LogP contribution < -0.4 is 10.6 Å². The van der Waals surface area contributed by atoms with Crippen LogP contribution in [-0.2, 0) is 11.3 Å². The Morgan fingerprint density at radius 2 is 2.26 bits per heavy atom. The Bertz CT molecular complexity index is 597. The predicted molar refractivity (Wildman–Crippen MR) is 79.9 cm³/mol. The average molecular weight is 296 g/mol. The van der Waals surface area contributed by atoms with Gasteiger partial charge in [-0.05, 0) is 24.6 Å². The van der Waals surface area contributed by atoms with Crippen molar-refractivity contribution in [1.82, 2.24) is 4.98 Å². The number of rotatable bonds is 4. The van der Waals surface area contributed by atoms with Gasteiger partial charge in [0.25, 0.3) is 0 Å². The zero-order valence-electron chi connectivity index (χ0n) is 10.7. The minimum atomic E-state index is -0.0819. The Balaban J connectivity index is 2.08. The van der Waals surface area contributed by atoms with Gasteiger partial charge in [0.05, 0.1) is 12.7 Å². The third-order valence-corrected chi connectivity index (χ3v) is 3.63. The van der Waals surface area contributed by atoms with Crippen molar-refractivity contribution in [3.63, 3.8) is 0 Å². The predicted octanol–water partition coefficient (Wildman–Crippen LogP) is 3.68. The van der Waals surface area contributed by atoms with Crippen LogP contribution in [0.5, 0.6) is 0 Å². The molecule has 19 heavy (non-hydrogen) atoms. The largest absolute Gasteiger partial charge is 0.378 e. The van der Waals surface area contributed by atoms with E-state index in [-0.39, 0.29) is 5.91 Å². The number of thiazole rings is 1. The van der Waals surface area contributed by atoms with E-state index in [4.69, 9.17) is 11.6 Å². The Morgan fingerprint density at radius 1 is 1.47 bits per heavy atom. The van der Waals surface area contributed by atoms with Crippen LogP contribution in [-0.4, -0.2) is 10.9 Å². The summed E-state index contributed by atoms with van der Waals surface area (Å²) in [4.78, 5) is 15.2. The second-order valence-electron chi connectivity index (χ2n) is 4.12. The normalized spacial score (nSPS) is 10.3. The molecule has 2 N–H and O–H groups in total. The van der Waals surface area contributed by atoms with Crippen LogP contribution in [0, 0.1) is 6.92 Å². The van der Waals surface area contributed by atoms with E-state index in [9.17, 15) is 4.79 Å². The van der Waals surface area contributed by atoms with Crippen molar-refractivity contribution in [3.05, 3.63) is 39.3 Å². The van der Waals surface area contributed by atoms with Gasteiger partial charge < -0.3 is 10.6 Å². The van der Waals surface area contributed by atoms with Gasteiger partial charge in [0.2, 0.25) is 5.91 Å². The molecule has 0 spiro atoms. The molecule has 0 aliphatic heterocycles. The monoisotopic (exact) mass is 295 g/mol. The van der Waals surface area contributed by atoms with Crippen LogP contribution in [0.2, 0.25) is 4.34 Å². The van der Waals surface area contributed by atoms with Gasteiger partial charge >= 0.3 is 0 Å². The van der Waals surface area contributed by atoms with Crippen molar-refractivity contribution in [2.24, 2.45) is 0 Å². The number of carbonyl (C=O) groups excluding carboxylic acids is 1. The SMILES string of the molecule is CC(=O)Nc1ccc(C)c(NCc2ncc(Cl)s2)c1. The zero-order valence-corrected chi connectivity index (χ0v) is 12.2. The van der Waals surface area contributed by atoms with Gasteiger partial charge in [0, 0.05) is 18.3 Å². The summed E-state index contributed by atoms with van der Waals surface area (Å²) in [5.74, 6) is -0.0819. The number of aryl methyl sites for hydroxylation is 1. The molecule has 4 nitrogen and oxygen atoms in total. The van der Waals surface area contributed by atoms with Crippen molar-refractivity contribution >= 4 is 40.2 Å². The summed E-state index contributed by atoms with van der Waals surface area (Å²) in [5, 5.41) is 6.98. The van der Waals surface area contributed by atoms with Crippen LogP contribution >= 0.6 is 22.9 Å². The fraction of sp³-hybridized carbons (Fsp3) is 0.231. The zero-order chi connectivity index (χ0) is 13.8. The molecule has 1 aromatic carbocycles. The molecule has 0 unspecified atom stereocenters. The van der Waals surface area contributed by atoms with Crippen LogP contribution in [0.3, 0.4) is 0 Å². The smallest absolute Gasteiger partial charge is 0.221 e. The summed E-state index contributed by atoms with van der Waals surface area (Å²) in [6.45, 7) is 4.11. The Kier molecular flexibility index (Phi) is 4.39. The Morgan fingerprint density at radius 3 is 2.89 bits per heavy atom. The summed E-state index contributed by atoms with van der Waals surface area (Å²) in [7, 11) is 0. The lowest BCUT2D eigenvalue weighted by Gasteiger charge is -2.10. The molecule has 0 fully saturated rings. The van der Waals surface area contributed by atoms with E-state index < -0.39 is 0 Å². The number of nitrogens with one attached hydrogen (secondary N) is 2. The third kappa shape index (κ3) is 3.94. The van der Waals surface area contributed by atoms with E-state index in [1.54, 1.807) is 6.20 Å². The minimum Gasteiger partial charge on any atom is -0.378 e. The van der Waals surface area contributed by atoms with Crippen molar-refractivity contribution in [2.75, 3.05) is 10.6 Å². The fourth-order valence-electron chi connectivity index (χ4n) is 1.63. The van der Waals surface area contributed by atoms with E-state index in [0.29, 0.717) is 10.9 Å². The molecule has 0 aliphatic rings. The molecule has 0 saturated carbocycles. The topological polar surface area (TPSA) is 54.0 Å². The number of benzene rings is 1. The summed E-state index contributed by atoms with van der Waals surface area (Å²) < 4.78 is 0.681. The second-order valence-corrected chi connectivity index (χ2v) is 5.87. The first-order valence-electron chi connectivity index (χ1n) is 5.77. The van der Waals surface area contributed by atoms with Gasteiger partial charge in [-0.25, -0.2) is 4.98 Å². The van der Waals surface area contributed by atoms with Crippen LogP contribution in [0.25, 0.3) is 0 Å². The molecule has 2 aromatic rings. The van der Waals surface area contributed by atoms with Crippen molar-refractivity contribution in [2.45, 2.75) is 20.4 Å². The summed E-state index contributed by atoms with van der Waals surface area (Å²) in [5.41, 5.74) is 2.85. The van der Waals surface area contributed by atoms with E-state index in [0.717, 1.165) is 21.9 Å².